The van der Waals surface area contributed by atoms with Gasteiger partial charge in [0.1, 0.15) is 0 Å². The molecule has 0 bridgehead atoms. The van der Waals surface area contributed by atoms with Crippen molar-refractivity contribution in [2.75, 3.05) is 0 Å². The van der Waals surface area contributed by atoms with Crippen molar-refractivity contribution >= 4 is 51.4 Å². The van der Waals surface area contributed by atoms with E-state index < -0.39 is 0 Å². The van der Waals surface area contributed by atoms with Crippen LogP contribution in [0.1, 0.15) is 0 Å². The fraction of sp³-hybridized carbons (Fsp3) is 0. The first-order valence-corrected chi connectivity index (χ1v) is 6.16. The summed E-state index contributed by atoms with van der Waals surface area (Å²) in [7, 11) is 0. The van der Waals surface area contributed by atoms with E-state index in [-0.39, 0.29) is 0 Å². The topological polar surface area (TPSA) is 12.9 Å². The second kappa shape index (κ2) is 5.75. The SMILES string of the molecule is S=CS.c1ccc2nc3ccccc3cc2c1. The summed E-state index contributed by atoms with van der Waals surface area (Å²) in [6, 6.07) is 18.6. The Hall–Kier alpha value is -1.45. The van der Waals surface area contributed by atoms with Crippen LogP contribution in [0.5, 0.6) is 0 Å². The van der Waals surface area contributed by atoms with Gasteiger partial charge in [-0.25, -0.2) is 4.98 Å². The van der Waals surface area contributed by atoms with Gasteiger partial charge in [0.15, 0.2) is 0 Å². The molecule has 0 amide bonds. The largest absolute Gasteiger partial charge is 0.248 e. The highest BCUT2D eigenvalue weighted by atomic mass is 32.1. The van der Waals surface area contributed by atoms with E-state index in [9.17, 15) is 0 Å². The van der Waals surface area contributed by atoms with Gasteiger partial charge in [-0.3, -0.25) is 0 Å². The van der Waals surface area contributed by atoms with Crippen molar-refractivity contribution in [2.45, 2.75) is 0 Å². The summed E-state index contributed by atoms with van der Waals surface area (Å²) in [5.74, 6) is 0. The number of hydrogen-bond acceptors (Lipinski definition) is 2. The first-order chi connectivity index (χ1) is 8.35. The van der Waals surface area contributed by atoms with Gasteiger partial charge < -0.3 is 0 Å². The smallest absolute Gasteiger partial charge is 0.0709 e. The van der Waals surface area contributed by atoms with Gasteiger partial charge in [-0.2, -0.15) is 0 Å². The zero-order valence-electron chi connectivity index (χ0n) is 9.08. The van der Waals surface area contributed by atoms with E-state index in [1.165, 1.54) is 15.5 Å². The average Bonchev–Trinajstić information content (AvgIpc) is 2.37. The lowest BCUT2D eigenvalue weighted by Gasteiger charge is -1.99. The lowest BCUT2D eigenvalue weighted by molar-refractivity contribution is 1.50. The van der Waals surface area contributed by atoms with Gasteiger partial charge in [0.05, 0.1) is 11.0 Å². The highest BCUT2D eigenvalue weighted by Gasteiger charge is 1.96. The first-order valence-electron chi connectivity index (χ1n) is 5.17. The molecule has 1 nitrogen and oxygen atoms in total. The van der Waals surface area contributed by atoms with Crippen LogP contribution in [0.2, 0.25) is 0 Å². The molecule has 3 rings (SSSR count). The fourth-order valence-electron chi connectivity index (χ4n) is 1.72. The lowest BCUT2D eigenvalue weighted by Crippen LogP contribution is -1.80. The maximum Gasteiger partial charge on any atom is 0.0709 e. The number of thiocarbonyl (C=S) groups is 1. The van der Waals surface area contributed by atoms with Gasteiger partial charge in [0, 0.05) is 15.5 Å². The van der Waals surface area contributed by atoms with Gasteiger partial charge in [-0.15, -0.1) is 12.6 Å². The Morgan fingerprint density at radius 3 is 1.76 bits per heavy atom. The minimum Gasteiger partial charge on any atom is -0.248 e. The van der Waals surface area contributed by atoms with Crippen LogP contribution in [0.25, 0.3) is 21.8 Å². The number of rotatable bonds is 0. The molecule has 0 unspecified atom stereocenters. The molecule has 84 valence electrons. The molecule has 0 atom stereocenters. The number of hydrogen-bond donors (Lipinski definition) is 1. The van der Waals surface area contributed by atoms with Gasteiger partial charge in [0.2, 0.25) is 0 Å². The normalized spacial score (nSPS) is 9.71. The molecule has 17 heavy (non-hydrogen) atoms. The quantitative estimate of drug-likeness (QED) is 0.367. The van der Waals surface area contributed by atoms with Crippen molar-refractivity contribution in [3.05, 3.63) is 54.6 Å². The lowest BCUT2D eigenvalue weighted by atomic mass is 10.1. The Kier molecular flexibility index (Phi) is 4.07. The first kappa shape index (κ1) is 12.0. The molecule has 2 aromatic carbocycles. The van der Waals surface area contributed by atoms with E-state index in [1.54, 1.807) is 0 Å². The molecular weight excluding hydrogens is 246 g/mol. The fourth-order valence-corrected chi connectivity index (χ4v) is 1.72. The Balaban J connectivity index is 0.000000329. The van der Waals surface area contributed by atoms with Crippen LogP contribution < -0.4 is 0 Å². The summed E-state index contributed by atoms with van der Waals surface area (Å²) in [4.78, 5) is 4.58. The average molecular weight is 257 g/mol. The molecule has 0 aliphatic rings. The van der Waals surface area contributed by atoms with Gasteiger partial charge in [-0.05, 0) is 18.2 Å². The second-order valence-corrected chi connectivity index (χ2v) is 4.32. The molecule has 0 aliphatic carbocycles. The van der Waals surface area contributed by atoms with Crippen LogP contribution in [0.4, 0.5) is 0 Å². The highest BCUT2D eigenvalue weighted by molar-refractivity contribution is 8.08. The molecule has 0 spiro atoms. The maximum atomic E-state index is 4.58. The summed E-state index contributed by atoms with van der Waals surface area (Å²) in [6.45, 7) is 0. The summed E-state index contributed by atoms with van der Waals surface area (Å²) >= 11 is 7.61. The minimum absolute atomic E-state index is 1.06. The van der Waals surface area contributed by atoms with Crippen LogP contribution in [0, 0.1) is 0 Å². The Morgan fingerprint density at radius 2 is 1.29 bits per heavy atom. The van der Waals surface area contributed by atoms with E-state index in [1.807, 2.05) is 36.4 Å². The summed E-state index contributed by atoms with van der Waals surface area (Å²) in [5, 5.41) is 2.40. The summed E-state index contributed by atoms with van der Waals surface area (Å²) in [5.41, 5.74) is 2.12. The molecule has 0 radical (unpaired) electrons. The molecule has 1 heterocycles. The zero-order valence-corrected chi connectivity index (χ0v) is 10.8. The molecular formula is C14H11NS2. The van der Waals surface area contributed by atoms with Crippen LogP contribution in [0.3, 0.4) is 0 Å². The summed E-state index contributed by atoms with van der Waals surface area (Å²) in [6.07, 6.45) is 0. The molecule has 0 saturated carbocycles. The van der Waals surface area contributed by atoms with Gasteiger partial charge in [0.25, 0.3) is 0 Å². The van der Waals surface area contributed by atoms with E-state index >= 15 is 0 Å². The third-order valence-electron chi connectivity index (χ3n) is 2.43. The molecule has 0 aliphatic heterocycles. The molecule has 3 aromatic rings. The van der Waals surface area contributed by atoms with Crippen molar-refractivity contribution in [3.63, 3.8) is 0 Å². The van der Waals surface area contributed by atoms with Crippen LogP contribution in [0.15, 0.2) is 54.6 Å². The predicted octanol–water partition coefficient (Wildman–Crippen LogP) is 4.26. The highest BCUT2D eigenvalue weighted by Crippen LogP contribution is 2.18. The number of aromatic nitrogens is 1. The van der Waals surface area contributed by atoms with E-state index in [2.05, 4.69) is 48.0 Å². The number of benzene rings is 2. The van der Waals surface area contributed by atoms with Crippen molar-refractivity contribution in [1.29, 1.82) is 0 Å². The molecule has 0 fully saturated rings. The number of thiol groups is 1. The number of nitrogens with zero attached hydrogens (tertiary/aromatic N) is 1. The Morgan fingerprint density at radius 1 is 0.882 bits per heavy atom. The van der Waals surface area contributed by atoms with E-state index in [0.29, 0.717) is 0 Å². The third-order valence-corrected chi connectivity index (χ3v) is 2.43. The van der Waals surface area contributed by atoms with Crippen molar-refractivity contribution < 1.29 is 0 Å². The van der Waals surface area contributed by atoms with Crippen molar-refractivity contribution in [1.82, 2.24) is 4.98 Å². The molecule has 3 heteroatoms. The van der Waals surface area contributed by atoms with Gasteiger partial charge in [-0.1, -0.05) is 48.6 Å². The van der Waals surface area contributed by atoms with Gasteiger partial charge >= 0.3 is 0 Å². The van der Waals surface area contributed by atoms with E-state index in [4.69, 9.17) is 0 Å². The Labute approximate surface area is 111 Å². The van der Waals surface area contributed by atoms with Crippen LogP contribution in [-0.4, -0.2) is 9.68 Å². The second-order valence-electron chi connectivity index (χ2n) is 3.48. The zero-order chi connectivity index (χ0) is 12.1. The maximum absolute atomic E-state index is 4.58. The molecule has 0 saturated heterocycles. The number of pyridine rings is 1. The molecule has 1 aromatic heterocycles. The summed E-state index contributed by atoms with van der Waals surface area (Å²) < 4.78 is 1.28. The monoisotopic (exact) mass is 257 g/mol. The number of para-hydroxylation sites is 2. The standard InChI is InChI=1S/C13H9N.CH2S2/c1-3-7-12-10(5-1)9-11-6-2-4-8-13(11)14-12;2-1-3/h1-9H;1H,(H,2,3). The van der Waals surface area contributed by atoms with Crippen molar-refractivity contribution in [3.8, 4) is 0 Å². The van der Waals surface area contributed by atoms with Crippen LogP contribution in [-0.2, 0) is 0 Å². The van der Waals surface area contributed by atoms with Crippen LogP contribution >= 0.6 is 24.8 Å². The molecule has 0 N–H and O–H groups in total. The predicted molar refractivity (Wildman–Crippen MR) is 81.9 cm³/mol. The minimum atomic E-state index is 1.06. The third kappa shape index (κ3) is 2.81. The Bertz CT molecular complexity index is 545. The number of fused-ring (bicyclic) bond motifs is 2. The van der Waals surface area contributed by atoms with E-state index in [0.717, 1.165) is 11.0 Å². The van der Waals surface area contributed by atoms with Crippen molar-refractivity contribution in [2.24, 2.45) is 0 Å².